The van der Waals surface area contributed by atoms with E-state index in [0.717, 1.165) is 6.17 Å². The van der Waals surface area contributed by atoms with Crippen LogP contribution in [-0.2, 0) is 0 Å². The van der Waals surface area contributed by atoms with Crippen LogP contribution in [0.3, 0.4) is 0 Å². The average molecular weight is 252 g/mol. The molecule has 2 rings (SSSR count). The fourth-order valence-electron chi connectivity index (χ4n) is 3.26. The summed E-state index contributed by atoms with van der Waals surface area (Å²) in [6.07, 6.45) is 12.9. The Hall–Kier alpha value is -0.123. The van der Waals surface area contributed by atoms with Crippen molar-refractivity contribution >= 4 is 10.2 Å². The largest absolute Gasteiger partial charge is 0.288 e. The Bertz CT molecular complexity index is 214. The molecule has 0 aromatic heterocycles. The predicted octanol–water partition coefficient (Wildman–Crippen LogP) is 1.55. The molecule has 2 aliphatic rings. The number of allylic oxidation sites excluding steroid dienone is 1. The first-order valence-corrected chi connectivity index (χ1v) is 8.66. The molecule has 2 saturated heterocycles. The SMILES string of the molecule is [SiH3]C=CCCCC(N1CCCC1)N1CCCC1. The van der Waals surface area contributed by atoms with Crippen molar-refractivity contribution in [1.29, 1.82) is 0 Å². The average Bonchev–Trinajstić information content (AvgIpc) is 3.02. The normalized spacial score (nSPS) is 23.6. The maximum atomic E-state index is 2.75. The Balaban J connectivity index is 1.82. The molecule has 0 N–H and O–H groups in total. The predicted molar refractivity (Wildman–Crippen MR) is 78.3 cm³/mol. The molecule has 2 heterocycles. The fourth-order valence-corrected chi connectivity index (χ4v) is 3.59. The van der Waals surface area contributed by atoms with Crippen molar-refractivity contribution in [2.45, 2.75) is 51.1 Å². The van der Waals surface area contributed by atoms with Crippen LogP contribution in [0.25, 0.3) is 0 Å². The third-order valence-electron chi connectivity index (χ3n) is 4.19. The van der Waals surface area contributed by atoms with Gasteiger partial charge in [0.15, 0.2) is 0 Å². The van der Waals surface area contributed by atoms with Gasteiger partial charge < -0.3 is 0 Å². The number of likely N-dealkylation sites (tertiary alicyclic amines) is 2. The second-order valence-corrected chi connectivity index (χ2v) is 6.13. The van der Waals surface area contributed by atoms with Crippen molar-refractivity contribution in [3.63, 3.8) is 0 Å². The van der Waals surface area contributed by atoms with Crippen molar-refractivity contribution in [3.05, 3.63) is 11.8 Å². The molecule has 2 aliphatic heterocycles. The minimum absolute atomic E-state index is 0.766. The van der Waals surface area contributed by atoms with Gasteiger partial charge in [-0.25, -0.2) is 0 Å². The first-order valence-electron chi connectivity index (χ1n) is 7.51. The highest BCUT2D eigenvalue weighted by atomic mass is 28.1. The van der Waals surface area contributed by atoms with Gasteiger partial charge in [-0.15, -0.1) is 5.70 Å². The minimum atomic E-state index is 0.766. The number of rotatable bonds is 6. The van der Waals surface area contributed by atoms with Crippen LogP contribution in [-0.4, -0.2) is 52.4 Å². The van der Waals surface area contributed by atoms with E-state index >= 15 is 0 Å². The van der Waals surface area contributed by atoms with Gasteiger partial charge in [0.2, 0.25) is 0 Å². The Morgan fingerprint density at radius 2 is 1.47 bits per heavy atom. The Morgan fingerprint density at radius 3 is 1.94 bits per heavy atom. The van der Waals surface area contributed by atoms with Gasteiger partial charge in [0.05, 0.1) is 6.17 Å². The van der Waals surface area contributed by atoms with E-state index in [2.05, 4.69) is 21.6 Å². The van der Waals surface area contributed by atoms with E-state index in [1.165, 1.54) is 81.4 Å². The van der Waals surface area contributed by atoms with Crippen LogP contribution in [0.15, 0.2) is 11.8 Å². The molecule has 17 heavy (non-hydrogen) atoms. The number of hydrogen-bond acceptors (Lipinski definition) is 2. The Kier molecular flexibility index (Phi) is 5.75. The van der Waals surface area contributed by atoms with E-state index in [-0.39, 0.29) is 0 Å². The summed E-state index contributed by atoms with van der Waals surface area (Å²) in [4.78, 5) is 5.49. The molecule has 0 aromatic carbocycles. The van der Waals surface area contributed by atoms with Gasteiger partial charge in [0, 0.05) is 10.2 Å². The lowest BCUT2D eigenvalue weighted by Crippen LogP contribution is -2.45. The number of unbranched alkanes of at least 4 members (excludes halogenated alkanes) is 1. The van der Waals surface area contributed by atoms with Gasteiger partial charge in [-0.3, -0.25) is 9.80 Å². The Labute approximate surface area is 109 Å². The van der Waals surface area contributed by atoms with Gasteiger partial charge in [-0.05, 0) is 71.1 Å². The highest BCUT2D eigenvalue weighted by Crippen LogP contribution is 2.23. The molecule has 3 heteroatoms. The number of nitrogens with zero attached hydrogens (tertiary/aromatic N) is 2. The smallest absolute Gasteiger partial charge is 0.0622 e. The third-order valence-corrected chi connectivity index (χ3v) is 4.66. The van der Waals surface area contributed by atoms with E-state index in [9.17, 15) is 0 Å². The molecule has 2 fully saturated rings. The second kappa shape index (κ2) is 7.34. The zero-order valence-corrected chi connectivity index (χ0v) is 13.4. The summed E-state index contributed by atoms with van der Waals surface area (Å²) < 4.78 is 0. The second-order valence-electron chi connectivity index (χ2n) is 5.47. The summed E-state index contributed by atoms with van der Waals surface area (Å²) in [6, 6.07) is 0. The van der Waals surface area contributed by atoms with E-state index < -0.39 is 0 Å². The van der Waals surface area contributed by atoms with Crippen molar-refractivity contribution in [1.82, 2.24) is 9.80 Å². The summed E-state index contributed by atoms with van der Waals surface area (Å²) in [6.45, 7) is 5.38. The molecule has 0 spiro atoms. The van der Waals surface area contributed by atoms with Gasteiger partial charge >= 0.3 is 0 Å². The van der Waals surface area contributed by atoms with Crippen molar-refractivity contribution in [2.24, 2.45) is 0 Å². The summed E-state index contributed by atoms with van der Waals surface area (Å²) in [5.41, 5.74) is 2.32. The standard InChI is InChI=1S/C14H28N2Si/c17-13-7-1-2-8-14(15-9-3-4-10-15)16-11-5-6-12-16/h7,13-14H,1-6,8-12H2,17H3. The lowest BCUT2D eigenvalue weighted by molar-refractivity contribution is 0.0705. The Morgan fingerprint density at radius 1 is 0.941 bits per heavy atom. The topological polar surface area (TPSA) is 6.48 Å². The molecular weight excluding hydrogens is 224 g/mol. The van der Waals surface area contributed by atoms with Crippen LogP contribution >= 0.6 is 0 Å². The molecule has 0 aliphatic carbocycles. The van der Waals surface area contributed by atoms with Crippen LogP contribution in [0.4, 0.5) is 0 Å². The van der Waals surface area contributed by atoms with Crippen LogP contribution < -0.4 is 0 Å². The van der Waals surface area contributed by atoms with Gasteiger partial charge in [-0.2, -0.15) is 0 Å². The van der Waals surface area contributed by atoms with Crippen molar-refractivity contribution < 1.29 is 0 Å². The summed E-state index contributed by atoms with van der Waals surface area (Å²) in [7, 11) is 1.22. The first kappa shape index (κ1) is 13.3. The summed E-state index contributed by atoms with van der Waals surface area (Å²) >= 11 is 0. The molecule has 0 radical (unpaired) electrons. The first-order chi connectivity index (χ1) is 8.42. The van der Waals surface area contributed by atoms with E-state index in [4.69, 9.17) is 0 Å². The van der Waals surface area contributed by atoms with Gasteiger partial charge in [0.1, 0.15) is 0 Å². The molecular formula is C14H28N2Si. The monoisotopic (exact) mass is 252 g/mol. The maximum absolute atomic E-state index is 2.75. The molecule has 0 aromatic rings. The molecule has 0 bridgehead atoms. The van der Waals surface area contributed by atoms with Crippen LogP contribution in [0.2, 0.25) is 0 Å². The fraction of sp³-hybridized carbons (Fsp3) is 0.857. The molecule has 0 unspecified atom stereocenters. The molecule has 0 amide bonds. The van der Waals surface area contributed by atoms with E-state index in [1.54, 1.807) is 0 Å². The molecule has 0 saturated carbocycles. The third kappa shape index (κ3) is 3.93. The van der Waals surface area contributed by atoms with Crippen molar-refractivity contribution in [2.75, 3.05) is 26.2 Å². The minimum Gasteiger partial charge on any atom is -0.288 e. The highest BCUT2D eigenvalue weighted by Gasteiger charge is 2.28. The lowest BCUT2D eigenvalue weighted by atomic mass is 10.1. The van der Waals surface area contributed by atoms with E-state index in [1.807, 2.05) is 0 Å². The quantitative estimate of drug-likeness (QED) is 0.523. The molecule has 0 atom stereocenters. The van der Waals surface area contributed by atoms with Crippen LogP contribution in [0.5, 0.6) is 0 Å². The summed E-state index contributed by atoms with van der Waals surface area (Å²) in [5.74, 6) is 0. The summed E-state index contributed by atoms with van der Waals surface area (Å²) in [5, 5.41) is 0. The lowest BCUT2D eigenvalue weighted by Gasteiger charge is -2.35. The maximum Gasteiger partial charge on any atom is 0.0622 e. The van der Waals surface area contributed by atoms with Crippen LogP contribution in [0.1, 0.15) is 44.9 Å². The molecule has 2 nitrogen and oxygen atoms in total. The highest BCUT2D eigenvalue weighted by molar-refractivity contribution is 6.16. The van der Waals surface area contributed by atoms with Crippen molar-refractivity contribution in [3.8, 4) is 0 Å². The van der Waals surface area contributed by atoms with Gasteiger partial charge in [0.25, 0.3) is 0 Å². The van der Waals surface area contributed by atoms with Gasteiger partial charge in [-0.1, -0.05) is 6.08 Å². The zero-order valence-electron chi connectivity index (χ0n) is 11.4. The molecule has 98 valence electrons. The number of hydrogen-bond donors (Lipinski definition) is 0. The zero-order chi connectivity index (χ0) is 11.9. The van der Waals surface area contributed by atoms with E-state index in [0.29, 0.717) is 0 Å². The van der Waals surface area contributed by atoms with Crippen LogP contribution in [0, 0.1) is 0 Å².